The quantitative estimate of drug-likeness (QED) is 0.503. The molecule has 1 aliphatic heterocycles. The zero-order valence-corrected chi connectivity index (χ0v) is 17.3. The monoisotopic (exact) mass is 416 g/mol. The summed E-state index contributed by atoms with van der Waals surface area (Å²) in [7, 11) is 0. The molecule has 0 spiro atoms. The van der Waals surface area contributed by atoms with Gasteiger partial charge in [0.25, 0.3) is 0 Å². The molecule has 7 heteroatoms. The molecule has 0 aliphatic carbocycles. The molecule has 4 aromatic rings. The number of nitrogens with zero attached hydrogens (tertiary/aromatic N) is 2. The third-order valence-electron chi connectivity index (χ3n) is 5.26. The van der Waals surface area contributed by atoms with Crippen LogP contribution in [0.3, 0.4) is 0 Å². The number of hydrogen-bond acceptors (Lipinski definition) is 6. The number of aryl methyl sites for hydroxylation is 1. The zero-order valence-electron chi connectivity index (χ0n) is 16.4. The van der Waals surface area contributed by atoms with E-state index in [1.165, 1.54) is 5.56 Å². The zero-order chi connectivity index (χ0) is 20.7. The van der Waals surface area contributed by atoms with Crippen molar-refractivity contribution in [3.63, 3.8) is 0 Å². The van der Waals surface area contributed by atoms with E-state index in [4.69, 9.17) is 20.4 Å². The molecule has 1 aliphatic rings. The molecule has 6 nitrogen and oxygen atoms in total. The number of benzene rings is 2. The van der Waals surface area contributed by atoms with Crippen LogP contribution >= 0.6 is 11.3 Å². The summed E-state index contributed by atoms with van der Waals surface area (Å²) in [6, 6.07) is 15.8. The second-order valence-electron chi connectivity index (χ2n) is 7.23. The van der Waals surface area contributed by atoms with Crippen LogP contribution in [-0.4, -0.2) is 15.9 Å². The summed E-state index contributed by atoms with van der Waals surface area (Å²) in [5, 5.41) is 4.40. The average molecular weight is 417 g/mol. The lowest BCUT2D eigenvalue weighted by atomic mass is 10.1. The molecule has 2 aromatic carbocycles. The van der Waals surface area contributed by atoms with Crippen LogP contribution in [0.5, 0.6) is 0 Å². The summed E-state index contributed by atoms with van der Waals surface area (Å²) in [4.78, 5) is 22.6. The van der Waals surface area contributed by atoms with Gasteiger partial charge in [-0.1, -0.05) is 42.5 Å². The molecule has 0 saturated heterocycles. The fourth-order valence-corrected chi connectivity index (χ4v) is 4.97. The summed E-state index contributed by atoms with van der Waals surface area (Å²) in [5.41, 5.74) is 10.1. The second-order valence-corrected chi connectivity index (χ2v) is 8.46. The minimum Gasteiger partial charge on any atom is -0.370 e. The first-order chi connectivity index (χ1) is 14.6. The maximum absolute atomic E-state index is 11.9. The number of ether oxygens (including phenoxy) is 1. The first-order valence-electron chi connectivity index (χ1n) is 9.69. The van der Waals surface area contributed by atoms with Crippen LogP contribution in [0, 0.1) is 6.92 Å². The Kier molecular flexibility index (Phi) is 4.69. The van der Waals surface area contributed by atoms with Crippen molar-refractivity contribution in [2.24, 2.45) is 5.73 Å². The van der Waals surface area contributed by atoms with E-state index >= 15 is 0 Å². The van der Waals surface area contributed by atoms with Gasteiger partial charge >= 0.3 is 0 Å². The average Bonchev–Trinajstić information content (AvgIpc) is 3.35. The summed E-state index contributed by atoms with van der Waals surface area (Å²) in [6.45, 7) is 3.66. The molecular weight excluding hydrogens is 396 g/mol. The number of carbonyl (C=O) groups excluding carboxylic acids is 1. The van der Waals surface area contributed by atoms with Crippen molar-refractivity contribution in [1.29, 1.82) is 0 Å². The smallest absolute Gasteiger partial charge is 0.250 e. The first-order valence-corrected chi connectivity index (χ1v) is 10.5. The maximum atomic E-state index is 11.9. The van der Waals surface area contributed by atoms with Gasteiger partial charge in [0.1, 0.15) is 5.82 Å². The number of anilines is 1. The summed E-state index contributed by atoms with van der Waals surface area (Å²) >= 11 is 1.55. The number of rotatable bonds is 5. The Bertz CT molecular complexity index is 1270. The molecule has 0 fully saturated rings. The molecule has 0 bridgehead atoms. The fourth-order valence-electron chi connectivity index (χ4n) is 3.80. The Balaban J connectivity index is 1.61. The Morgan fingerprint density at radius 3 is 2.77 bits per heavy atom. The van der Waals surface area contributed by atoms with Crippen molar-refractivity contribution in [2.75, 3.05) is 5.32 Å². The van der Waals surface area contributed by atoms with Gasteiger partial charge < -0.3 is 15.8 Å². The Hall–Kier alpha value is -3.29. The van der Waals surface area contributed by atoms with Crippen LogP contribution in [0.2, 0.25) is 0 Å². The fraction of sp³-hybridized carbons (Fsp3) is 0.174. The van der Waals surface area contributed by atoms with Crippen LogP contribution in [0.25, 0.3) is 21.5 Å². The van der Waals surface area contributed by atoms with Gasteiger partial charge in [-0.2, -0.15) is 0 Å². The van der Waals surface area contributed by atoms with Crippen molar-refractivity contribution in [3.8, 4) is 11.4 Å². The second kappa shape index (κ2) is 7.51. The van der Waals surface area contributed by atoms with Crippen molar-refractivity contribution in [3.05, 3.63) is 75.8 Å². The number of hydrogen-bond donors (Lipinski definition) is 2. The summed E-state index contributed by atoms with van der Waals surface area (Å²) in [6.07, 6.45) is 0. The van der Waals surface area contributed by atoms with Gasteiger partial charge in [-0.25, -0.2) is 9.97 Å². The number of fused-ring (bicyclic) bond motifs is 2. The van der Waals surface area contributed by atoms with Crippen LogP contribution in [0.1, 0.15) is 32.1 Å². The number of carbonyl (C=O) groups is 1. The molecule has 150 valence electrons. The minimum absolute atomic E-state index is 0.429. The van der Waals surface area contributed by atoms with Crippen molar-refractivity contribution >= 4 is 33.1 Å². The number of nitrogens with two attached hydrogens (primary N) is 1. The standard InChI is InChI=1S/C23H20N4O2S/c1-13-19(15-8-5-9-16(21(24)28)20(15)30-13)23-26-18-12-29-11-17(18)22(27-23)25-10-14-6-3-2-4-7-14/h2-9H,10-12H2,1H3,(H2,24,28)(H,25,26,27). The molecule has 5 rings (SSSR count). The van der Waals surface area contributed by atoms with Crippen LogP contribution in [0.4, 0.5) is 5.82 Å². The number of amides is 1. The van der Waals surface area contributed by atoms with Gasteiger partial charge in [0, 0.05) is 32.6 Å². The van der Waals surface area contributed by atoms with E-state index < -0.39 is 5.91 Å². The first kappa shape index (κ1) is 18.7. The van der Waals surface area contributed by atoms with Crippen LogP contribution in [-0.2, 0) is 24.5 Å². The molecule has 2 aromatic heterocycles. The van der Waals surface area contributed by atoms with Crippen molar-refractivity contribution in [1.82, 2.24) is 9.97 Å². The summed E-state index contributed by atoms with van der Waals surface area (Å²) < 4.78 is 6.52. The van der Waals surface area contributed by atoms with Gasteiger partial charge in [0.15, 0.2) is 5.82 Å². The highest BCUT2D eigenvalue weighted by Gasteiger charge is 2.23. The van der Waals surface area contributed by atoms with E-state index in [2.05, 4.69) is 17.4 Å². The highest BCUT2D eigenvalue weighted by Crippen LogP contribution is 2.40. The lowest BCUT2D eigenvalue weighted by Crippen LogP contribution is -2.10. The highest BCUT2D eigenvalue weighted by molar-refractivity contribution is 7.20. The predicted octanol–water partition coefficient (Wildman–Crippen LogP) is 4.41. The molecule has 1 amide bonds. The molecule has 0 unspecified atom stereocenters. The Labute approximate surface area is 177 Å². The molecule has 0 radical (unpaired) electrons. The molecule has 3 N–H and O–H groups in total. The van der Waals surface area contributed by atoms with Gasteiger partial charge in [-0.3, -0.25) is 4.79 Å². The lowest BCUT2D eigenvalue weighted by Gasteiger charge is -2.12. The van der Waals surface area contributed by atoms with Crippen LogP contribution < -0.4 is 11.1 Å². The van der Waals surface area contributed by atoms with E-state index in [1.807, 2.05) is 37.3 Å². The van der Waals surface area contributed by atoms with Crippen molar-refractivity contribution in [2.45, 2.75) is 26.7 Å². The minimum atomic E-state index is -0.429. The SMILES string of the molecule is Cc1sc2c(C(N)=O)cccc2c1-c1nc2c(c(NCc3ccccc3)n1)COC2. The predicted molar refractivity (Wildman–Crippen MR) is 118 cm³/mol. The number of thiophene rings is 1. The number of aromatic nitrogens is 2. The number of nitrogens with one attached hydrogen (secondary N) is 1. The van der Waals surface area contributed by atoms with Crippen LogP contribution in [0.15, 0.2) is 48.5 Å². The third kappa shape index (κ3) is 3.22. The van der Waals surface area contributed by atoms with E-state index in [0.29, 0.717) is 31.1 Å². The lowest BCUT2D eigenvalue weighted by molar-refractivity contribution is 0.100. The van der Waals surface area contributed by atoms with Gasteiger partial charge in [0.05, 0.1) is 24.5 Å². The van der Waals surface area contributed by atoms with Gasteiger partial charge in [-0.15, -0.1) is 11.3 Å². The molecule has 0 saturated carbocycles. The van der Waals surface area contributed by atoms with E-state index in [9.17, 15) is 4.79 Å². The maximum Gasteiger partial charge on any atom is 0.250 e. The molecule has 30 heavy (non-hydrogen) atoms. The normalized spacial score (nSPS) is 12.8. The third-order valence-corrected chi connectivity index (χ3v) is 6.42. The van der Waals surface area contributed by atoms with E-state index in [-0.39, 0.29) is 0 Å². The largest absolute Gasteiger partial charge is 0.370 e. The van der Waals surface area contributed by atoms with Gasteiger partial charge in [-0.05, 0) is 18.6 Å². The van der Waals surface area contributed by atoms with Gasteiger partial charge in [0.2, 0.25) is 5.91 Å². The van der Waals surface area contributed by atoms with Crippen molar-refractivity contribution < 1.29 is 9.53 Å². The van der Waals surface area contributed by atoms with E-state index in [0.717, 1.165) is 37.6 Å². The number of primary amides is 1. The highest BCUT2D eigenvalue weighted by atomic mass is 32.1. The topological polar surface area (TPSA) is 90.1 Å². The molecule has 3 heterocycles. The molecule has 0 atom stereocenters. The Morgan fingerprint density at radius 1 is 1.13 bits per heavy atom. The Morgan fingerprint density at radius 2 is 1.97 bits per heavy atom. The summed E-state index contributed by atoms with van der Waals surface area (Å²) in [5.74, 6) is 1.00. The van der Waals surface area contributed by atoms with E-state index in [1.54, 1.807) is 17.4 Å². The molecular formula is C23H20N4O2S.